The van der Waals surface area contributed by atoms with E-state index in [0.29, 0.717) is 43.5 Å². The molecule has 0 amide bonds. The maximum absolute atomic E-state index is 12.9. The van der Waals surface area contributed by atoms with Crippen LogP contribution in [0.4, 0.5) is 10.3 Å². The van der Waals surface area contributed by atoms with Gasteiger partial charge in [-0.25, -0.2) is 22.9 Å². The number of nitrogens with two attached hydrogens (primary N) is 1. The first-order valence-corrected chi connectivity index (χ1v) is 9.62. The molecule has 9 heteroatoms. The molecule has 1 aromatic heterocycles. The summed E-state index contributed by atoms with van der Waals surface area (Å²) >= 11 is 0. The number of rotatable bonds is 5. The van der Waals surface area contributed by atoms with Gasteiger partial charge in [0.25, 0.3) is 0 Å². The summed E-state index contributed by atoms with van der Waals surface area (Å²) in [7, 11) is -3.45. The number of halogens is 1. The van der Waals surface area contributed by atoms with E-state index < -0.39 is 10.0 Å². The molecule has 2 aromatic rings. The fourth-order valence-corrected chi connectivity index (χ4v) is 3.78. The summed E-state index contributed by atoms with van der Waals surface area (Å²) < 4.78 is 40.9. The minimum Gasteiger partial charge on any atom is -0.439 e. The van der Waals surface area contributed by atoms with Gasteiger partial charge in [0.2, 0.25) is 21.9 Å². The maximum Gasteiger partial charge on any atom is 0.228 e. The van der Waals surface area contributed by atoms with Crippen LogP contribution >= 0.6 is 0 Å². The molecule has 0 bridgehead atoms. The van der Waals surface area contributed by atoms with E-state index in [4.69, 9.17) is 9.88 Å². The number of hydrogen-bond donors (Lipinski definition) is 1. The summed E-state index contributed by atoms with van der Waals surface area (Å²) in [6.07, 6.45) is 3.02. The van der Waals surface area contributed by atoms with Crippen LogP contribution in [0.3, 0.4) is 0 Å². The Morgan fingerprint density at radius 2 is 1.88 bits per heavy atom. The van der Waals surface area contributed by atoms with E-state index in [9.17, 15) is 12.8 Å². The third-order valence-corrected chi connectivity index (χ3v) is 4.95. The first-order valence-electron chi connectivity index (χ1n) is 7.91. The molecule has 0 atom stereocenters. The zero-order valence-electron chi connectivity index (χ0n) is 13.5. The maximum atomic E-state index is 12.9. The summed E-state index contributed by atoms with van der Waals surface area (Å²) in [4.78, 5) is 10.6. The molecule has 1 aromatic carbocycles. The van der Waals surface area contributed by atoms with Crippen LogP contribution in [0.1, 0.15) is 12.8 Å². The summed E-state index contributed by atoms with van der Waals surface area (Å²) in [6, 6.07) is 7.30. The van der Waals surface area contributed by atoms with Gasteiger partial charge in [-0.2, -0.15) is 4.98 Å². The standard InChI is InChI=1S/C16H19FN4O3S/c17-13-1-3-14(4-2-13)24-15-5-8-19-16(20-15)21-9-6-12(7-10-21)11-25(18,22)23/h1-5,8,12H,6-7,9-11H2,(H2,18,22,23). The Labute approximate surface area is 145 Å². The normalized spacial score (nSPS) is 16.0. The number of aromatic nitrogens is 2. The van der Waals surface area contributed by atoms with E-state index in [2.05, 4.69) is 9.97 Å². The molecule has 0 unspecified atom stereocenters. The zero-order valence-corrected chi connectivity index (χ0v) is 14.3. The molecule has 3 rings (SSSR count). The Bertz CT molecular complexity index is 822. The van der Waals surface area contributed by atoms with Crippen LogP contribution in [0.15, 0.2) is 36.5 Å². The fraction of sp³-hybridized carbons (Fsp3) is 0.375. The molecular formula is C16H19FN4O3S. The lowest BCUT2D eigenvalue weighted by Crippen LogP contribution is -2.37. The van der Waals surface area contributed by atoms with E-state index >= 15 is 0 Å². The van der Waals surface area contributed by atoms with Crippen LogP contribution in [0.2, 0.25) is 0 Å². The lowest BCUT2D eigenvalue weighted by Gasteiger charge is -2.31. The van der Waals surface area contributed by atoms with E-state index in [1.165, 1.54) is 24.3 Å². The quantitative estimate of drug-likeness (QED) is 0.868. The van der Waals surface area contributed by atoms with Gasteiger partial charge < -0.3 is 9.64 Å². The monoisotopic (exact) mass is 366 g/mol. The molecule has 1 saturated heterocycles. The summed E-state index contributed by atoms with van der Waals surface area (Å²) in [5.74, 6) is 1.10. The lowest BCUT2D eigenvalue weighted by molar-refractivity contribution is 0.427. The zero-order chi connectivity index (χ0) is 17.9. The number of primary sulfonamides is 1. The van der Waals surface area contributed by atoms with Gasteiger partial charge in [0, 0.05) is 25.4 Å². The molecule has 0 radical (unpaired) electrons. The molecular weight excluding hydrogens is 347 g/mol. The molecule has 1 aliphatic heterocycles. The van der Waals surface area contributed by atoms with Gasteiger partial charge in [-0.1, -0.05) is 0 Å². The van der Waals surface area contributed by atoms with Gasteiger partial charge in [-0.05, 0) is 43.0 Å². The van der Waals surface area contributed by atoms with Crippen LogP contribution in [0, 0.1) is 11.7 Å². The highest BCUT2D eigenvalue weighted by Crippen LogP contribution is 2.24. The first-order chi connectivity index (χ1) is 11.9. The highest BCUT2D eigenvalue weighted by Gasteiger charge is 2.24. The molecule has 7 nitrogen and oxygen atoms in total. The Balaban J connectivity index is 1.63. The van der Waals surface area contributed by atoms with Gasteiger partial charge in [0.15, 0.2) is 0 Å². The van der Waals surface area contributed by atoms with Gasteiger partial charge in [-0.3, -0.25) is 0 Å². The number of ether oxygens (including phenoxy) is 1. The summed E-state index contributed by atoms with van der Waals surface area (Å²) in [5, 5.41) is 5.11. The van der Waals surface area contributed by atoms with Crippen LogP contribution in [-0.2, 0) is 10.0 Å². The van der Waals surface area contributed by atoms with Crippen molar-refractivity contribution >= 4 is 16.0 Å². The van der Waals surface area contributed by atoms with E-state index in [-0.39, 0.29) is 17.5 Å². The number of anilines is 1. The van der Waals surface area contributed by atoms with Crippen LogP contribution in [0.5, 0.6) is 11.6 Å². The average molecular weight is 366 g/mol. The van der Waals surface area contributed by atoms with Crippen molar-refractivity contribution in [2.75, 3.05) is 23.7 Å². The fourth-order valence-electron chi connectivity index (χ4n) is 2.79. The minimum atomic E-state index is -3.45. The van der Waals surface area contributed by atoms with Gasteiger partial charge in [0.05, 0.1) is 5.75 Å². The van der Waals surface area contributed by atoms with Crippen molar-refractivity contribution in [2.45, 2.75) is 12.8 Å². The molecule has 1 aliphatic rings. The lowest BCUT2D eigenvalue weighted by atomic mass is 9.99. The highest BCUT2D eigenvalue weighted by molar-refractivity contribution is 7.89. The van der Waals surface area contributed by atoms with Crippen molar-refractivity contribution in [2.24, 2.45) is 11.1 Å². The van der Waals surface area contributed by atoms with Crippen molar-refractivity contribution in [3.8, 4) is 11.6 Å². The Morgan fingerprint density at radius 3 is 2.52 bits per heavy atom. The Kier molecular flexibility index (Phi) is 5.14. The number of piperidine rings is 1. The second kappa shape index (κ2) is 7.32. The van der Waals surface area contributed by atoms with Crippen molar-refractivity contribution < 1.29 is 17.5 Å². The van der Waals surface area contributed by atoms with Crippen molar-refractivity contribution in [3.05, 3.63) is 42.3 Å². The number of nitrogens with zero attached hydrogens (tertiary/aromatic N) is 3. The average Bonchev–Trinajstić information content (AvgIpc) is 2.56. The molecule has 1 fully saturated rings. The number of benzene rings is 1. The Morgan fingerprint density at radius 1 is 1.20 bits per heavy atom. The van der Waals surface area contributed by atoms with Gasteiger partial charge >= 0.3 is 0 Å². The third kappa shape index (κ3) is 5.10. The molecule has 134 valence electrons. The van der Waals surface area contributed by atoms with Crippen molar-refractivity contribution in [3.63, 3.8) is 0 Å². The molecule has 25 heavy (non-hydrogen) atoms. The predicted octanol–water partition coefficient (Wildman–Crippen LogP) is 1.91. The molecule has 0 spiro atoms. The predicted molar refractivity (Wildman–Crippen MR) is 91.4 cm³/mol. The van der Waals surface area contributed by atoms with Gasteiger partial charge in [0.1, 0.15) is 11.6 Å². The largest absolute Gasteiger partial charge is 0.439 e. The summed E-state index contributed by atoms with van der Waals surface area (Å²) in [5.41, 5.74) is 0. The van der Waals surface area contributed by atoms with Crippen LogP contribution in [0.25, 0.3) is 0 Å². The number of hydrogen-bond acceptors (Lipinski definition) is 6. The molecule has 0 saturated carbocycles. The third-order valence-electron chi connectivity index (χ3n) is 4.02. The Hall–Kier alpha value is -2.26. The number of sulfonamides is 1. The molecule has 2 N–H and O–H groups in total. The SMILES string of the molecule is NS(=O)(=O)CC1CCN(c2nccc(Oc3ccc(F)cc3)n2)CC1. The molecule has 0 aliphatic carbocycles. The van der Waals surface area contributed by atoms with Crippen molar-refractivity contribution in [1.29, 1.82) is 0 Å². The van der Waals surface area contributed by atoms with Crippen LogP contribution in [-0.4, -0.2) is 37.2 Å². The van der Waals surface area contributed by atoms with E-state index in [0.717, 1.165) is 0 Å². The smallest absolute Gasteiger partial charge is 0.228 e. The van der Waals surface area contributed by atoms with E-state index in [1.807, 2.05) is 4.90 Å². The van der Waals surface area contributed by atoms with Gasteiger partial charge in [-0.15, -0.1) is 0 Å². The second-order valence-electron chi connectivity index (χ2n) is 6.01. The topological polar surface area (TPSA) is 98.4 Å². The van der Waals surface area contributed by atoms with Crippen LogP contribution < -0.4 is 14.8 Å². The highest BCUT2D eigenvalue weighted by atomic mass is 32.2. The molecule has 2 heterocycles. The first kappa shape index (κ1) is 17.6. The minimum absolute atomic E-state index is 0.00934. The summed E-state index contributed by atoms with van der Waals surface area (Å²) in [6.45, 7) is 1.31. The van der Waals surface area contributed by atoms with Crippen molar-refractivity contribution in [1.82, 2.24) is 9.97 Å². The van der Waals surface area contributed by atoms with E-state index in [1.54, 1.807) is 12.3 Å². The second-order valence-corrected chi connectivity index (χ2v) is 7.67.